The van der Waals surface area contributed by atoms with Gasteiger partial charge >= 0.3 is 25.3 Å². The van der Waals surface area contributed by atoms with Crippen molar-refractivity contribution < 1.29 is 51.9 Å². The third-order valence-electron chi connectivity index (χ3n) is 5.56. The number of carbonyl (C=O) groups is 2. The molecule has 1 aliphatic rings. The first-order valence-corrected chi connectivity index (χ1v) is 13.9. The summed E-state index contributed by atoms with van der Waals surface area (Å²) in [5.74, 6) is -1.77. The number of hydrogen-bond acceptors (Lipinski definition) is 11. The molecule has 15 nitrogen and oxygen atoms in total. The van der Waals surface area contributed by atoms with Gasteiger partial charge in [-0.1, -0.05) is 0 Å². The number of esters is 2. The zero-order valence-electron chi connectivity index (χ0n) is 22.7. The maximum Gasteiger partial charge on any atom is 0.342 e. The molecule has 18 heteroatoms. The van der Waals surface area contributed by atoms with Gasteiger partial charge in [0.1, 0.15) is 24.3 Å². The molecule has 0 radical (unpaired) electrons. The SMILES string of the molecule is CC(C)OC(=O)[C@H](C)NP(=O)(N[C@H](C)C(=O)OC(C)C)OC[C@]1(C(F)F)O[C@H](n2ccc(=O)[nH]c2=O)[C@@H](O)[C@@H]1O. The number of alkyl halides is 2. The Bertz CT molecular complexity index is 1180. The van der Waals surface area contributed by atoms with Crippen LogP contribution in [0, 0.1) is 0 Å². The van der Waals surface area contributed by atoms with E-state index in [0.717, 1.165) is 12.3 Å². The van der Waals surface area contributed by atoms with Crippen LogP contribution in [0.25, 0.3) is 0 Å². The Balaban J connectivity index is 2.39. The van der Waals surface area contributed by atoms with Gasteiger partial charge in [0.25, 0.3) is 12.0 Å². The second-order valence-electron chi connectivity index (χ2n) is 9.71. The molecule has 5 N–H and O–H groups in total. The minimum absolute atomic E-state index is 0.552. The fraction of sp³-hybridized carbons (Fsp3) is 0.727. The number of ether oxygens (including phenoxy) is 3. The van der Waals surface area contributed by atoms with Crippen molar-refractivity contribution >= 4 is 19.6 Å². The average molecular weight is 601 g/mol. The molecular weight excluding hydrogens is 565 g/mol. The molecule has 2 heterocycles. The lowest BCUT2D eigenvalue weighted by atomic mass is 9.96. The number of nitrogens with one attached hydrogen (secondary N) is 3. The van der Waals surface area contributed by atoms with E-state index in [1.807, 2.05) is 4.98 Å². The van der Waals surface area contributed by atoms with Gasteiger partial charge in [-0.15, -0.1) is 0 Å². The van der Waals surface area contributed by atoms with Crippen LogP contribution >= 0.6 is 7.67 Å². The van der Waals surface area contributed by atoms with Crippen LogP contribution in [0.3, 0.4) is 0 Å². The van der Waals surface area contributed by atoms with E-state index >= 15 is 0 Å². The summed E-state index contributed by atoms with van der Waals surface area (Å²) in [6.07, 6.45) is -10.2. The van der Waals surface area contributed by atoms with E-state index in [2.05, 4.69) is 10.2 Å². The van der Waals surface area contributed by atoms with Crippen molar-refractivity contribution in [2.24, 2.45) is 0 Å². The lowest BCUT2D eigenvalue weighted by Gasteiger charge is -2.33. The van der Waals surface area contributed by atoms with E-state index in [4.69, 9.17) is 18.7 Å². The molecule has 1 aromatic heterocycles. The lowest BCUT2D eigenvalue weighted by Crippen LogP contribution is -2.53. The molecule has 0 bridgehead atoms. The van der Waals surface area contributed by atoms with Crippen LogP contribution < -0.4 is 21.4 Å². The number of hydrogen-bond donors (Lipinski definition) is 5. The van der Waals surface area contributed by atoms with Gasteiger partial charge in [0.15, 0.2) is 11.8 Å². The van der Waals surface area contributed by atoms with E-state index < -0.39 is 92.2 Å². The van der Waals surface area contributed by atoms with E-state index in [1.54, 1.807) is 27.7 Å². The number of aromatic nitrogens is 2. The van der Waals surface area contributed by atoms with Crippen LogP contribution in [0.2, 0.25) is 0 Å². The number of nitrogens with zero attached hydrogens (tertiary/aromatic N) is 1. The molecule has 1 unspecified atom stereocenters. The van der Waals surface area contributed by atoms with Crippen molar-refractivity contribution in [1.82, 2.24) is 19.7 Å². The predicted octanol–water partition coefficient (Wildman–Crippen LogP) is -0.225. The van der Waals surface area contributed by atoms with Gasteiger partial charge in [0, 0.05) is 12.3 Å². The monoisotopic (exact) mass is 600 g/mol. The zero-order chi connectivity index (χ0) is 30.6. The summed E-state index contributed by atoms with van der Waals surface area (Å²) in [5.41, 5.74) is -4.99. The van der Waals surface area contributed by atoms with Gasteiger partial charge in [-0.3, -0.25) is 28.5 Å². The molecule has 0 aliphatic carbocycles. The highest BCUT2D eigenvalue weighted by Gasteiger charge is 2.61. The van der Waals surface area contributed by atoms with E-state index in [1.165, 1.54) is 13.8 Å². The second-order valence-corrected chi connectivity index (χ2v) is 11.6. The maximum atomic E-state index is 14.4. The van der Waals surface area contributed by atoms with Crippen LogP contribution in [0.15, 0.2) is 21.9 Å². The van der Waals surface area contributed by atoms with Gasteiger partial charge in [-0.25, -0.2) is 23.7 Å². The van der Waals surface area contributed by atoms with Gasteiger partial charge in [0.2, 0.25) is 0 Å². The quantitative estimate of drug-likeness (QED) is 0.147. The van der Waals surface area contributed by atoms with Gasteiger partial charge in [-0.2, -0.15) is 0 Å². The first-order chi connectivity index (χ1) is 18.4. The minimum atomic E-state index is -4.64. The number of halogens is 2. The van der Waals surface area contributed by atoms with E-state index in [9.17, 15) is 42.7 Å². The highest BCUT2D eigenvalue weighted by molar-refractivity contribution is 7.54. The van der Waals surface area contributed by atoms with Crippen molar-refractivity contribution in [3.63, 3.8) is 0 Å². The molecule has 228 valence electrons. The summed E-state index contributed by atoms with van der Waals surface area (Å²) in [6, 6.07) is -1.83. The van der Waals surface area contributed by atoms with Crippen LogP contribution in [0.5, 0.6) is 0 Å². The summed E-state index contributed by atoms with van der Waals surface area (Å²) in [7, 11) is -4.64. The Hall–Kier alpha value is -2.53. The fourth-order valence-electron chi connectivity index (χ4n) is 3.61. The topological polar surface area (TPSA) is 208 Å². The summed E-state index contributed by atoms with van der Waals surface area (Å²) in [5, 5.41) is 25.7. The van der Waals surface area contributed by atoms with Gasteiger partial charge < -0.3 is 28.9 Å². The Morgan fingerprint density at radius 3 is 2.00 bits per heavy atom. The van der Waals surface area contributed by atoms with E-state index in [0.29, 0.717) is 4.57 Å². The lowest BCUT2D eigenvalue weighted by molar-refractivity contribution is -0.192. The molecule has 0 saturated carbocycles. The molecule has 1 aromatic rings. The Labute approximate surface area is 227 Å². The van der Waals surface area contributed by atoms with Gasteiger partial charge in [-0.05, 0) is 41.5 Å². The predicted molar refractivity (Wildman–Crippen MR) is 133 cm³/mol. The van der Waals surface area contributed by atoms with Crippen molar-refractivity contribution in [3.05, 3.63) is 33.1 Å². The first-order valence-electron chi connectivity index (χ1n) is 12.3. The highest BCUT2D eigenvalue weighted by atomic mass is 31.2. The Morgan fingerprint density at radius 2 is 1.57 bits per heavy atom. The fourth-order valence-corrected chi connectivity index (χ4v) is 5.45. The summed E-state index contributed by atoms with van der Waals surface area (Å²) >= 11 is 0. The largest absolute Gasteiger partial charge is 0.462 e. The number of aromatic amines is 1. The molecule has 0 spiro atoms. The molecule has 0 amide bonds. The molecule has 1 fully saturated rings. The molecule has 40 heavy (non-hydrogen) atoms. The Kier molecular flexibility index (Phi) is 11.3. The molecule has 1 saturated heterocycles. The highest BCUT2D eigenvalue weighted by Crippen LogP contribution is 2.46. The minimum Gasteiger partial charge on any atom is -0.462 e. The smallest absolute Gasteiger partial charge is 0.342 e. The molecule has 2 rings (SSSR count). The van der Waals surface area contributed by atoms with Crippen LogP contribution in [0.4, 0.5) is 8.78 Å². The summed E-state index contributed by atoms with van der Waals surface area (Å²) in [4.78, 5) is 50.0. The van der Waals surface area contributed by atoms with Crippen LogP contribution in [0.1, 0.15) is 47.8 Å². The zero-order valence-corrected chi connectivity index (χ0v) is 23.6. The van der Waals surface area contributed by atoms with Crippen molar-refractivity contribution in [2.75, 3.05) is 6.61 Å². The number of H-pyrrole nitrogens is 1. The van der Waals surface area contributed by atoms with Crippen molar-refractivity contribution in [1.29, 1.82) is 0 Å². The first kappa shape index (κ1) is 33.7. The molecular formula is C22H35F2N4O11P. The number of aliphatic hydroxyl groups is 2. The van der Waals surface area contributed by atoms with Crippen molar-refractivity contribution in [2.45, 2.75) is 96.3 Å². The third kappa shape index (κ3) is 8.02. The third-order valence-corrected chi connectivity index (χ3v) is 7.51. The second kappa shape index (κ2) is 13.4. The number of aliphatic hydroxyl groups excluding tert-OH is 2. The Morgan fingerprint density at radius 1 is 1.07 bits per heavy atom. The van der Waals surface area contributed by atoms with Crippen molar-refractivity contribution in [3.8, 4) is 0 Å². The molecule has 0 aromatic carbocycles. The summed E-state index contributed by atoms with van der Waals surface area (Å²) < 4.78 is 63.8. The van der Waals surface area contributed by atoms with Gasteiger partial charge in [0.05, 0.1) is 18.8 Å². The van der Waals surface area contributed by atoms with Crippen LogP contribution in [-0.4, -0.2) is 86.8 Å². The number of rotatable bonds is 13. The normalized spacial score (nSPS) is 26.1. The van der Waals surface area contributed by atoms with Crippen LogP contribution in [-0.2, 0) is 32.9 Å². The average Bonchev–Trinajstić information content (AvgIpc) is 3.08. The summed E-state index contributed by atoms with van der Waals surface area (Å²) in [6.45, 7) is 7.35. The van der Waals surface area contributed by atoms with E-state index in [-0.39, 0.29) is 0 Å². The maximum absolute atomic E-state index is 14.4. The molecule has 7 atom stereocenters. The standard InChI is InChI=1S/C22H35F2N4O11P/c1-10(2)37-18(32)12(5)26-40(35,27-13(6)19(33)38-11(3)4)36-9-22(20(23)24)16(31)15(30)17(39-22)28-8-7-14(29)25-21(28)34/h7-8,10-13,15-17,20,30-31H,9H2,1-6H3,(H,25,29,34)(H2,26,27,35)/t12-,13+,15-,16-,17-,22-,40?/m0/s1. The number of carbonyl (C=O) groups excluding carboxylic acids is 2. The molecule has 1 aliphatic heterocycles.